The van der Waals surface area contributed by atoms with E-state index in [2.05, 4.69) is 11.4 Å². The molecule has 0 aliphatic rings. The summed E-state index contributed by atoms with van der Waals surface area (Å²) < 4.78 is 0. The number of benzene rings is 1. The fraction of sp³-hybridized carbons (Fsp3) is 0.550. The molecule has 6 heteroatoms. The van der Waals surface area contributed by atoms with Crippen LogP contribution in [-0.2, 0) is 16.0 Å². The second-order valence-corrected chi connectivity index (χ2v) is 6.55. The zero-order valence-corrected chi connectivity index (χ0v) is 15.5. The molecule has 0 aromatic heterocycles. The lowest BCUT2D eigenvalue weighted by Gasteiger charge is -2.11. The van der Waals surface area contributed by atoms with Crippen molar-refractivity contribution >= 4 is 11.8 Å². The van der Waals surface area contributed by atoms with Gasteiger partial charge in [0.2, 0.25) is 5.91 Å². The first-order valence-corrected chi connectivity index (χ1v) is 9.29. The van der Waals surface area contributed by atoms with Crippen LogP contribution in [0.5, 0.6) is 0 Å². The van der Waals surface area contributed by atoms with E-state index in [1.54, 1.807) is 0 Å². The van der Waals surface area contributed by atoms with Crippen LogP contribution in [0.4, 0.5) is 0 Å². The summed E-state index contributed by atoms with van der Waals surface area (Å²) in [6, 6.07) is 9.18. The zero-order chi connectivity index (χ0) is 19.2. The van der Waals surface area contributed by atoms with Gasteiger partial charge in [0.25, 0.3) is 5.91 Å². The number of amides is 2. The Labute approximate surface area is 155 Å². The topological polar surface area (TPSA) is 102 Å². The van der Waals surface area contributed by atoms with Crippen LogP contribution < -0.4 is 10.8 Å². The number of aryl methyl sites for hydroxylation is 1. The van der Waals surface area contributed by atoms with Crippen molar-refractivity contribution in [2.45, 2.75) is 70.8 Å². The van der Waals surface area contributed by atoms with Crippen LogP contribution in [0, 0.1) is 11.3 Å². The molecule has 0 radical (unpaired) electrons. The van der Waals surface area contributed by atoms with Crippen LogP contribution in [0.15, 0.2) is 24.3 Å². The van der Waals surface area contributed by atoms with E-state index >= 15 is 0 Å². The highest BCUT2D eigenvalue weighted by Gasteiger charge is 2.13. The maximum atomic E-state index is 11.6. The van der Waals surface area contributed by atoms with Crippen molar-refractivity contribution in [3.63, 3.8) is 0 Å². The minimum absolute atomic E-state index is 0.163. The Morgan fingerprint density at radius 2 is 1.62 bits per heavy atom. The number of hydroxylamine groups is 1. The Balaban J connectivity index is 1.96. The van der Waals surface area contributed by atoms with Gasteiger partial charge in [-0.3, -0.25) is 14.8 Å². The van der Waals surface area contributed by atoms with Crippen molar-refractivity contribution in [1.29, 1.82) is 5.26 Å². The van der Waals surface area contributed by atoms with Crippen molar-refractivity contribution in [1.82, 2.24) is 10.8 Å². The standard InChI is InChI=1S/C20H29N3O3/c1-16(20(25)23-26)22-19(24)10-8-6-4-2-3-5-7-9-17-11-13-18(15-21)14-12-17/h11-14,16,26H,2-10H2,1H3,(H,22,24)(H,23,25). The molecule has 142 valence electrons. The second-order valence-electron chi connectivity index (χ2n) is 6.55. The lowest BCUT2D eigenvalue weighted by molar-refractivity contribution is -0.134. The van der Waals surface area contributed by atoms with Crippen LogP contribution in [0.1, 0.15) is 69.4 Å². The molecular weight excluding hydrogens is 330 g/mol. The monoisotopic (exact) mass is 359 g/mol. The van der Waals surface area contributed by atoms with Crippen LogP contribution in [0.25, 0.3) is 0 Å². The summed E-state index contributed by atoms with van der Waals surface area (Å²) in [7, 11) is 0. The Morgan fingerprint density at radius 3 is 2.19 bits per heavy atom. The Morgan fingerprint density at radius 1 is 1.04 bits per heavy atom. The molecular formula is C20H29N3O3. The average Bonchev–Trinajstić information content (AvgIpc) is 2.66. The summed E-state index contributed by atoms with van der Waals surface area (Å²) in [5, 5.41) is 19.8. The van der Waals surface area contributed by atoms with E-state index in [-0.39, 0.29) is 5.91 Å². The molecule has 1 unspecified atom stereocenters. The highest BCUT2D eigenvalue weighted by atomic mass is 16.5. The van der Waals surface area contributed by atoms with Crippen LogP contribution in [0.3, 0.4) is 0 Å². The quantitative estimate of drug-likeness (QED) is 0.303. The van der Waals surface area contributed by atoms with Gasteiger partial charge in [0, 0.05) is 6.42 Å². The molecule has 0 saturated carbocycles. The molecule has 1 atom stereocenters. The molecule has 0 spiro atoms. The smallest absolute Gasteiger partial charge is 0.265 e. The zero-order valence-electron chi connectivity index (χ0n) is 15.5. The second kappa shape index (κ2) is 12.9. The van der Waals surface area contributed by atoms with Crippen molar-refractivity contribution in [3.05, 3.63) is 35.4 Å². The lowest BCUT2D eigenvalue weighted by Crippen LogP contribution is -2.43. The minimum atomic E-state index is -0.719. The molecule has 3 N–H and O–H groups in total. The Hall–Kier alpha value is -2.39. The Bertz CT molecular complexity index is 593. The molecule has 26 heavy (non-hydrogen) atoms. The molecule has 0 heterocycles. The maximum Gasteiger partial charge on any atom is 0.265 e. The summed E-state index contributed by atoms with van der Waals surface area (Å²) >= 11 is 0. The molecule has 0 fully saturated rings. The normalized spacial score (nSPS) is 11.4. The van der Waals surface area contributed by atoms with Gasteiger partial charge in [0.15, 0.2) is 0 Å². The summed E-state index contributed by atoms with van der Waals surface area (Å²) in [5.41, 5.74) is 3.50. The fourth-order valence-corrected chi connectivity index (χ4v) is 2.72. The first-order chi connectivity index (χ1) is 12.6. The lowest BCUT2D eigenvalue weighted by atomic mass is 10.0. The van der Waals surface area contributed by atoms with Gasteiger partial charge >= 0.3 is 0 Å². The van der Waals surface area contributed by atoms with Gasteiger partial charge < -0.3 is 5.32 Å². The first-order valence-electron chi connectivity index (χ1n) is 9.29. The molecule has 0 saturated heterocycles. The predicted molar refractivity (Wildman–Crippen MR) is 99.3 cm³/mol. The summed E-state index contributed by atoms with van der Waals surface area (Å²) in [4.78, 5) is 22.7. The van der Waals surface area contributed by atoms with Gasteiger partial charge in [-0.15, -0.1) is 0 Å². The molecule has 0 bridgehead atoms. The van der Waals surface area contributed by atoms with Gasteiger partial charge in [0.05, 0.1) is 11.6 Å². The number of rotatable bonds is 12. The number of nitriles is 1. The van der Waals surface area contributed by atoms with E-state index in [0.717, 1.165) is 38.5 Å². The number of nitrogens with one attached hydrogen (secondary N) is 2. The highest BCUT2D eigenvalue weighted by Crippen LogP contribution is 2.12. The third-order valence-electron chi connectivity index (χ3n) is 4.33. The van der Waals surface area contributed by atoms with E-state index in [1.165, 1.54) is 30.8 Å². The van der Waals surface area contributed by atoms with Crippen molar-refractivity contribution in [2.75, 3.05) is 0 Å². The van der Waals surface area contributed by atoms with Crippen molar-refractivity contribution < 1.29 is 14.8 Å². The van der Waals surface area contributed by atoms with E-state index < -0.39 is 11.9 Å². The molecule has 0 aliphatic heterocycles. The van der Waals surface area contributed by atoms with E-state index in [4.69, 9.17) is 10.5 Å². The molecule has 2 amide bonds. The Kier molecular flexibility index (Phi) is 10.7. The van der Waals surface area contributed by atoms with Crippen LogP contribution in [-0.4, -0.2) is 23.1 Å². The van der Waals surface area contributed by atoms with E-state index in [1.807, 2.05) is 24.3 Å². The fourth-order valence-electron chi connectivity index (χ4n) is 2.72. The third kappa shape index (κ3) is 9.19. The molecule has 6 nitrogen and oxygen atoms in total. The van der Waals surface area contributed by atoms with Gasteiger partial charge in [-0.2, -0.15) is 5.26 Å². The number of hydrogen-bond acceptors (Lipinski definition) is 4. The van der Waals surface area contributed by atoms with Crippen LogP contribution in [0.2, 0.25) is 0 Å². The number of carbonyl (C=O) groups excluding carboxylic acids is 2. The van der Waals surface area contributed by atoms with Gasteiger partial charge in [-0.1, -0.05) is 44.2 Å². The number of hydrogen-bond donors (Lipinski definition) is 3. The predicted octanol–water partition coefficient (Wildman–Crippen LogP) is 3.23. The summed E-state index contributed by atoms with van der Waals surface area (Å²) in [5.74, 6) is -0.775. The number of nitrogens with zero attached hydrogens (tertiary/aromatic N) is 1. The van der Waals surface area contributed by atoms with Crippen molar-refractivity contribution in [2.24, 2.45) is 0 Å². The van der Waals surface area contributed by atoms with E-state index in [9.17, 15) is 9.59 Å². The van der Waals surface area contributed by atoms with Gasteiger partial charge in [-0.05, 0) is 43.9 Å². The first kappa shape index (κ1) is 21.7. The molecule has 1 aromatic carbocycles. The summed E-state index contributed by atoms with van der Waals surface area (Å²) in [6.07, 6.45) is 9.07. The number of carbonyl (C=O) groups is 2. The van der Waals surface area contributed by atoms with Crippen LogP contribution >= 0.6 is 0 Å². The maximum absolute atomic E-state index is 11.6. The third-order valence-corrected chi connectivity index (χ3v) is 4.33. The number of unbranched alkanes of at least 4 members (excludes halogenated alkanes) is 6. The summed E-state index contributed by atoms with van der Waals surface area (Å²) in [6.45, 7) is 1.53. The minimum Gasteiger partial charge on any atom is -0.345 e. The van der Waals surface area contributed by atoms with Gasteiger partial charge in [-0.25, -0.2) is 5.48 Å². The van der Waals surface area contributed by atoms with E-state index in [0.29, 0.717) is 12.0 Å². The highest BCUT2D eigenvalue weighted by molar-refractivity contribution is 5.86. The largest absolute Gasteiger partial charge is 0.345 e. The SMILES string of the molecule is CC(NC(=O)CCCCCCCCCc1ccc(C#N)cc1)C(=O)NO. The molecule has 0 aliphatic carbocycles. The average molecular weight is 359 g/mol. The van der Waals surface area contributed by atoms with Gasteiger partial charge in [0.1, 0.15) is 6.04 Å². The molecule has 1 rings (SSSR count). The van der Waals surface area contributed by atoms with Crippen molar-refractivity contribution in [3.8, 4) is 6.07 Å². The molecule has 1 aromatic rings.